The summed E-state index contributed by atoms with van der Waals surface area (Å²) in [6.07, 6.45) is 4.95. The van der Waals surface area contributed by atoms with Gasteiger partial charge in [0.05, 0.1) is 0 Å². The van der Waals surface area contributed by atoms with Crippen molar-refractivity contribution in [3.8, 4) is 0 Å². The molecule has 4 heteroatoms. The lowest BCUT2D eigenvalue weighted by Gasteiger charge is -2.30. The van der Waals surface area contributed by atoms with Crippen molar-refractivity contribution in [1.82, 2.24) is 5.32 Å². The van der Waals surface area contributed by atoms with Crippen LogP contribution in [0.1, 0.15) is 32.6 Å². The zero-order valence-electron chi connectivity index (χ0n) is 10.2. The molecular formula is C12H24N2O2. The van der Waals surface area contributed by atoms with E-state index in [1.54, 1.807) is 0 Å². The highest BCUT2D eigenvalue weighted by Crippen LogP contribution is 2.28. The van der Waals surface area contributed by atoms with Crippen molar-refractivity contribution in [2.45, 2.75) is 32.6 Å². The number of carbonyl (C=O) groups is 1. The number of carbonyl (C=O) groups excluding carboxylic acids is 1. The summed E-state index contributed by atoms with van der Waals surface area (Å²) in [5.74, 6) is 1.13. The van der Waals surface area contributed by atoms with Gasteiger partial charge in [0, 0.05) is 13.2 Å². The van der Waals surface area contributed by atoms with Crippen molar-refractivity contribution in [2.75, 3.05) is 26.3 Å². The van der Waals surface area contributed by atoms with E-state index in [0.717, 1.165) is 13.1 Å². The summed E-state index contributed by atoms with van der Waals surface area (Å²) < 4.78 is 5.05. The van der Waals surface area contributed by atoms with Crippen LogP contribution in [0.2, 0.25) is 0 Å². The minimum Gasteiger partial charge on any atom is -0.372 e. The highest BCUT2D eigenvalue weighted by atomic mass is 16.5. The van der Waals surface area contributed by atoms with Crippen molar-refractivity contribution >= 4 is 5.91 Å². The first-order valence-corrected chi connectivity index (χ1v) is 6.32. The minimum atomic E-state index is -0.0109. The summed E-state index contributed by atoms with van der Waals surface area (Å²) >= 11 is 0. The number of hydrogen-bond donors (Lipinski definition) is 2. The van der Waals surface area contributed by atoms with Crippen LogP contribution in [0, 0.1) is 11.8 Å². The molecule has 0 aromatic heterocycles. The molecular weight excluding hydrogens is 204 g/mol. The average molecular weight is 228 g/mol. The molecule has 94 valence electrons. The molecule has 0 heterocycles. The van der Waals surface area contributed by atoms with Gasteiger partial charge < -0.3 is 15.8 Å². The molecule has 1 saturated carbocycles. The first kappa shape index (κ1) is 13.5. The Morgan fingerprint density at radius 3 is 2.69 bits per heavy atom. The molecule has 1 rings (SSSR count). The van der Waals surface area contributed by atoms with E-state index in [0.29, 0.717) is 18.4 Å². The van der Waals surface area contributed by atoms with Gasteiger partial charge in [0.15, 0.2) is 0 Å². The van der Waals surface area contributed by atoms with Gasteiger partial charge in [0.2, 0.25) is 5.91 Å². The van der Waals surface area contributed by atoms with Crippen LogP contribution in [-0.2, 0) is 9.53 Å². The highest BCUT2D eigenvalue weighted by molar-refractivity contribution is 5.77. The maximum Gasteiger partial charge on any atom is 0.246 e. The summed E-state index contributed by atoms with van der Waals surface area (Å²) in [6.45, 7) is 4.15. The van der Waals surface area contributed by atoms with Crippen LogP contribution >= 0.6 is 0 Å². The third-order valence-corrected chi connectivity index (χ3v) is 3.37. The molecule has 0 aliphatic heterocycles. The minimum absolute atomic E-state index is 0.0109. The molecule has 0 aromatic rings. The SMILES string of the molecule is CCOCC(=O)NCC1CCCCC1CN. The molecule has 0 saturated heterocycles. The maximum atomic E-state index is 11.4. The Hall–Kier alpha value is -0.610. The topological polar surface area (TPSA) is 64.3 Å². The fraction of sp³-hybridized carbons (Fsp3) is 0.917. The zero-order chi connectivity index (χ0) is 11.8. The maximum absolute atomic E-state index is 11.4. The van der Waals surface area contributed by atoms with Crippen LogP contribution in [-0.4, -0.2) is 32.2 Å². The Balaban J connectivity index is 2.21. The van der Waals surface area contributed by atoms with Gasteiger partial charge in [-0.25, -0.2) is 0 Å². The first-order valence-electron chi connectivity index (χ1n) is 6.32. The lowest BCUT2D eigenvalue weighted by atomic mass is 9.79. The molecule has 2 unspecified atom stereocenters. The smallest absolute Gasteiger partial charge is 0.246 e. The van der Waals surface area contributed by atoms with Crippen LogP contribution in [0.15, 0.2) is 0 Å². The van der Waals surface area contributed by atoms with E-state index in [9.17, 15) is 4.79 Å². The van der Waals surface area contributed by atoms with E-state index in [1.807, 2.05) is 6.92 Å². The molecule has 4 nitrogen and oxygen atoms in total. The number of rotatable bonds is 6. The van der Waals surface area contributed by atoms with Gasteiger partial charge >= 0.3 is 0 Å². The molecule has 1 fully saturated rings. The largest absolute Gasteiger partial charge is 0.372 e. The van der Waals surface area contributed by atoms with Gasteiger partial charge in [0.1, 0.15) is 6.61 Å². The Kier molecular flexibility index (Phi) is 6.42. The van der Waals surface area contributed by atoms with E-state index in [4.69, 9.17) is 10.5 Å². The zero-order valence-corrected chi connectivity index (χ0v) is 10.2. The van der Waals surface area contributed by atoms with Crippen molar-refractivity contribution < 1.29 is 9.53 Å². The summed E-state index contributed by atoms with van der Waals surface area (Å²) in [6, 6.07) is 0. The van der Waals surface area contributed by atoms with Gasteiger partial charge in [-0.2, -0.15) is 0 Å². The summed E-state index contributed by atoms with van der Waals surface area (Å²) in [5, 5.41) is 2.93. The van der Waals surface area contributed by atoms with Crippen LogP contribution in [0.5, 0.6) is 0 Å². The van der Waals surface area contributed by atoms with Gasteiger partial charge in [-0.15, -0.1) is 0 Å². The predicted molar refractivity (Wildman–Crippen MR) is 64.0 cm³/mol. The second kappa shape index (κ2) is 7.63. The molecule has 0 radical (unpaired) electrons. The average Bonchev–Trinajstić information content (AvgIpc) is 2.34. The number of amides is 1. The summed E-state index contributed by atoms with van der Waals surface area (Å²) in [5.41, 5.74) is 5.74. The van der Waals surface area contributed by atoms with Crippen LogP contribution < -0.4 is 11.1 Å². The molecule has 3 N–H and O–H groups in total. The van der Waals surface area contributed by atoms with Crippen molar-refractivity contribution in [3.05, 3.63) is 0 Å². The highest BCUT2D eigenvalue weighted by Gasteiger charge is 2.23. The molecule has 16 heavy (non-hydrogen) atoms. The second-order valence-corrected chi connectivity index (χ2v) is 4.48. The van der Waals surface area contributed by atoms with Crippen LogP contribution in [0.4, 0.5) is 0 Å². The molecule has 0 spiro atoms. The van der Waals surface area contributed by atoms with E-state index >= 15 is 0 Å². The monoisotopic (exact) mass is 228 g/mol. The predicted octanol–water partition coefficient (Wildman–Crippen LogP) is 0.904. The van der Waals surface area contributed by atoms with Crippen LogP contribution in [0.25, 0.3) is 0 Å². The Labute approximate surface area is 97.9 Å². The van der Waals surface area contributed by atoms with E-state index in [1.165, 1.54) is 25.7 Å². The van der Waals surface area contributed by atoms with Crippen LogP contribution in [0.3, 0.4) is 0 Å². The van der Waals surface area contributed by atoms with E-state index < -0.39 is 0 Å². The number of ether oxygens (including phenoxy) is 1. The third kappa shape index (κ3) is 4.49. The van der Waals surface area contributed by atoms with Gasteiger partial charge in [0.25, 0.3) is 0 Å². The summed E-state index contributed by atoms with van der Waals surface area (Å²) in [7, 11) is 0. The normalized spacial score (nSPS) is 25.4. The van der Waals surface area contributed by atoms with Crippen molar-refractivity contribution in [2.24, 2.45) is 17.6 Å². The van der Waals surface area contributed by atoms with E-state index in [-0.39, 0.29) is 12.5 Å². The van der Waals surface area contributed by atoms with Gasteiger partial charge in [-0.1, -0.05) is 12.8 Å². The number of nitrogens with two attached hydrogens (primary N) is 1. The number of hydrogen-bond acceptors (Lipinski definition) is 3. The molecule has 0 bridgehead atoms. The van der Waals surface area contributed by atoms with Gasteiger partial charge in [-0.05, 0) is 38.1 Å². The molecule has 1 aliphatic carbocycles. The molecule has 0 aromatic carbocycles. The lowest BCUT2D eigenvalue weighted by Crippen LogP contribution is -2.38. The van der Waals surface area contributed by atoms with E-state index in [2.05, 4.69) is 5.32 Å². The third-order valence-electron chi connectivity index (χ3n) is 3.37. The fourth-order valence-corrected chi connectivity index (χ4v) is 2.35. The molecule has 1 amide bonds. The Morgan fingerprint density at radius 2 is 2.06 bits per heavy atom. The first-order chi connectivity index (χ1) is 7.77. The van der Waals surface area contributed by atoms with Crippen molar-refractivity contribution in [1.29, 1.82) is 0 Å². The van der Waals surface area contributed by atoms with Crippen molar-refractivity contribution in [3.63, 3.8) is 0 Å². The standard InChI is InChI=1S/C12H24N2O2/c1-2-16-9-12(15)14-8-11-6-4-3-5-10(11)7-13/h10-11H,2-9,13H2,1H3,(H,14,15). The molecule has 1 aliphatic rings. The summed E-state index contributed by atoms with van der Waals surface area (Å²) in [4.78, 5) is 11.4. The molecule has 2 atom stereocenters. The fourth-order valence-electron chi connectivity index (χ4n) is 2.35. The Bertz CT molecular complexity index is 209. The number of nitrogens with one attached hydrogen (secondary N) is 1. The Morgan fingerprint density at radius 1 is 1.38 bits per heavy atom. The van der Waals surface area contributed by atoms with Gasteiger partial charge in [-0.3, -0.25) is 4.79 Å². The second-order valence-electron chi connectivity index (χ2n) is 4.48. The lowest BCUT2D eigenvalue weighted by molar-refractivity contribution is -0.125. The quantitative estimate of drug-likeness (QED) is 0.710.